The SMILES string of the molecule is CC(C(=O)Nc1ccc(S(N)(=O)=O)cc1F)n1cncn1. The number of benzene rings is 1. The summed E-state index contributed by atoms with van der Waals surface area (Å²) in [4.78, 5) is 15.3. The number of carbonyl (C=O) groups excluding carboxylic acids is 1. The Hall–Kier alpha value is -2.33. The quantitative estimate of drug-likeness (QED) is 0.839. The highest BCUT2D eigenvalue weighted by atomic mass is 32.2. The molecule has 2 rings (SSSR count). The molecule has 0 bridgehead atoms. The molecule has 0 spiro atoms. The first-order valence-electron chi connectivity index (χ1n) is 5.76. The average Bonchev–Trinajstić information content (AvgIpc) is 2.92. The topological polar surface area (TPSA) is 120 Å². The van der Waals surface area contributed by atoms with Crippen LogP contribution in [0.25, 0.3) is 0 Å². The Morgan fingerprint density at radius 2 is 2.19 bits per heavy atom. The van der Waals surface area contributed by atoms with E-state index in [-0.39, 0.29) is 10.6 Å². The number of nitrogens with one attached hydrogen (secondary N) is 1. The van der Waals surface area contributed by atoms with Crippen molar-refractivity contribution in [2.75, 3.05) is 5.32 Å². The highest BCUT2D eigenvalue weighted by Gasteiger charge is 2.18. The number of carbonyl (C=O) groups is 1. The number of nitrogens with two attached hydrogens (primary N) is 1. The van der Waals surface area contributed by atoms with Gasteiger partial charge in [0, 0.05) is 0 Å². The van der Waals surface area contributed by atoms with Gasteiger partial charge in [0.25, 0.3) is 0 Å². The molecule has 0 aliphatic heterocycles. The summed E-state index contributed by atoms with van der Waals surface area (Å²) >= 11 is 0. The second-order valence-corrected chi connectivity index (χ2v) is 5.79. The van der Waals surface area contributed by atoms with Gasteiger partial charge in [0.15, 0.2) is 0 Å². The van der Waals surface area contributed by atoms with Gasteiger partial charge in [0.2, 0.25) is 15.9 Å². The number of primary sulfonamides is 1. The molecule has 0 aliphatic rings. The molecule has 1 aromatic carbocycles. The Kier molecular flexibility index (Phi) is 4.00. The van der Waals surface area contributed by atoms with Crippen LogP contribution in [0.5, 0.6) is 0 Å². The van der Waals surface area contributed by atoms with Gasteiger partial charge >= 0.3 is 0 Å². The fourth-order valence-corrected chi connectivity index (χ4v) is 2.07. The minimum atomic E-state index is -4.00. The summed E-state index contributed by atoms with van der Waals surface area (Å²) in [5.74, 6) is -1.43. The number of nitrogens with zero attached hydrogens (tertiary/aromatic N) is 3. The summed E-state index contributed by atoms with van der Waals surface area (Å²) in [7, 11) is -4.00. The van der Waals surface area contributed by atoms with Crippen molar-refractivity contribution in [3.63, 3.8) is 0 Å². The average molecular weight is 313 g/mol. The van der Waals surface area contributed by atoms with Gasteiger partial charge in [-0.1, -0.05) is 0 Å². The van der Waals surface area contributed by atoms with Gasteiger partial charge in [-0.15, -0.1) is 0 Å². The largest absolute Gasteiger partial charge is 0.322 e. The summed E-state index contributed by atoms with van der Waals surface area (Å²) < 4.78 is 37.2. The standard InChI is InChI=1S/C11H12FN5O3S/c1-7(17-6-14-5-15-17)11(18)16-10-3-2-8(4-9(10)12)21(13,19)20/h2-7H,1H3,(H,16,18)(H2,13,19,20). The Balaban J connectivity index is 2.19. The minimum Gasteiger partial charge on any atom is -0.322 e. The van der Waals surface area contributed by atoms with Crippen molar-refractivity contribution in [2.45, 2.75) is 17.9 Å². The minimum absolute atomic E-state index is 0.153. The molecule has 1 amide bonds. The van der Waals surface area contributed by atoms with Crippen LogP contribution in [-0.4, -0.2) is 29.1 Å². The van der Waals surface area contributed by atoms with Crippen LogP contribution in [-0.2, 0) is 14.8 Å². The fraction of sp³-hybridized carbons (Fsp3) is 0.182. The van der Waals surface area contributed by atoms with E-state index in [4.69, 9.17) is 5.14 Å². The number of aromatic nitrogens is 3. The first-order chi connectivity index (χ1) is 9.79. The van der Waals surface area contributed by atoms with Gasteiger partial charge in [-0.3, -0.25) is 4.79 Å². The highest BCUT2D eigenvalue weighted by molar-refractivity contribution is 7.89. The molecular formula is C11H12FN5O3S. The van der Waals surface area contributed by atoms with Crippen LogP contribution >= 0.6 is 0 Å². The molecule has 21 heavy (non-hydrogen) atoms. The molecule has 3 N–H and O–H groups in total. The molecule has 112 valence electrons. The molecule has 1 heterocycles. The lowest BCUT2D eigenvalue weighted by Crippen LogP contribution is -2.24. The zero-order chi connectivity index (χ0) is 15.6. The number of halogens is 1. The number of amides is 1. The molecular weight excluding hydrogens is 301 g/mol. The van der Waals surface area contributed by atoms with Crippen LogP contribution in [0, 0.1) is 5.82 Å². The van der Waals surface area contributed by atoms with Crippen molar-refractivity contribution in [2.24, 2.45) is 5.14 Å². The Morgan fingerprint density at radius 1 is 1.48 bits per heavy atom. The van der Waals surface area contributed by atoms with Crippen LogP contribution < -0.4 is 10.5 Å². The molecule has 0 saturated heterocycles. The first kappa shape index (κ1) is 15.1. The summed E-state index contributed by atoms with van der Waals surface area (Å²) in [5.41, 5.74) is -0.153. The molecule has 8 nitrogen and oxygen atoms in total. The van der Waals surface area contributed by atoms with Crippen LogP contribution in [0.3, 0.4) is 0 Å². The maximum absolute atomic E-state index is 13.8. The van der Waals surface area contributed by atoms with Crippen LogP contribution in [0.1, 0.15) is 13.0 Å². The van der Waals surface area contributed by atoms with E-state index in [1.165, 1.54) is 17.3 Å². The van der Waals surface area contributed by atoms with Crippen molar-refractivity contribution in [1.82, 2.24) is 14.8 Å². The van der Waals surface area contributed by atoms with Crippen LogP contribution in [0.2, 0.25) is 0 Å². The van der Waals surface area contributed by atoms with Gasteiger partial charge in [-0.2, -0.15) is 5.10 Å². The number of rotatable bonds is 4. The molecule has 1 atom stereocenters. The molecule has 2 aromatic rings. The third-order valence-corrected chi connectivity index (χ3v) is 3.65. The fourth-order valence-electron chi connectivity index (χ4n) is 1.55. The monoisotopic (exact) mass is 313 g/mol. The van der Waals surface area contributed by atoms with Gasteiger partial charge < -0.3 is 5.32 Å². The molecule has 10 heteroatoms. The Labute approximate surface area is 119 Å². The Morgan fingerprint density at radius 3 is 2.71 bits per heavy atom. The van der Waals surface area contributed by atoms with E-state index in [1.807, 2.05) is 0 Å². The lowest BCUT2D eigenvalue weighted by molar-refractivity contribution is -0.119. The van der Waals surface area contributed by atoms with E-state index in [0.29, 0.717) is 0 Å². The maximum Gasteiger partial charge on any atom is 0.249 e. The van der Waals surface area contributed by atoms with Crippen LogP contribution in [0.4, 0.5) is 10.1 Å². The summed E-state index contributed by atoms with van der Waals surface area (Å²) in [6.45, 7) is 1.56. The van der Waals surface area contributed by atoms with Crippen molar-refractivity contribution < 1.29 is 17.6 Å². The van der Waals surface area contributed by atoms with E-state index in [2.05, 4.69) is 15.4 Å². The number of anilines is 1. The lowest BCUT2D eigenvalue weighted by atomic mass is 10.2. The van der Waals surface area contributed by atoms with Gasteiger partial charge in [-0.25, -0.2) is 27.6 Å². The normalized spacial score (nSPS) is 12.9. The van der Waals surface area contributed by atoms with Gasteiger partial charge in [-0.05, 0) is 25.1 Å². The molecule has 0 aliphatic carbocycles. The van der Waals surface area contributed by atoms with Crippen molar-refractivity contribution in [3.05, 3.63) is 36.7 Å². The summed E-state index contributed by atoms with van der Waals surface area (Å²) in [6.07, 6.45) is 2.62. The molecule has 1 aromatic heterocycles. The zero-order valence-electron chi connectivity index (χ0n) is 10.9. The second-order valence-electron chi connectivity index (χ2n) is 4.23. The zero-order valence-corrected chi connectivity index (χ0v) is 11.7. The van der Waals surface area contributed by atoms with E-state index in [0.717, 1.165) is 18.2 Å². The molecule has 0 fully saturated rings. The van der Waals surface area contributed by atoms with Crippen LogP contribution in [0.15, 0.2) is 35.7 Å². The number of hydrogen-bond donors (Lipinski definition) is 2. The lowest BCUT2D eigenvalue weighted by Gasteiger charge is -2.12. The smallest absolute Gasteiger partial charge is 0.249 e. The van der Waals surface area contributed by atoms with Crippen molar-refractivity contribution >= 4 is 21.6 Å². The van der Waals surface area contributed by atoms with Crippen molar-refractivity contribution in [1.29, 1.82) is 0 Å². The predicted octanol–water partition coefficient (Wildman–Crippen LogP) is 0.264. The number of sulfonamides is 1. The van der Waals surface area contributed by atoms with Gasteiger partial charge in [0.1, 0.15) is 24.5 Å². The second kappa shape index (κ2) is 5.58. The van der Waals surface area contributed by atoms with Crippen molar-refractivity contribution in [3.8, 4) is 0 Å². The third kappa shape index (κ3) is 3.41. The van der Waals surface area contributed by atoms with E-state index in [1.54, 1.807) is 6.92 Å². The molecule has 0 saturated carbocycles. The molecule has 1 unspecified atom stereocenters. The first-order valence-corrected chi connectivity index (χ1v) is 7.31. The summed E-state index contributed by atoms with van der Waals surface area (Å²) in [6, 6.07) is 2.27. The highest BCUT2D eigenvalue weighted by Crippen LogP contribution is 2.19. The third-order valence-electron chi connectivity index (χ3n) is 2.74. The summed E-state index contributed by atoms with van der Waals surface area (Å²) in [5, 5.41) is 11.0. The molecule has 0 radical (unpaired) electrons. The predicted molar refractivity (Wildman–Crippen MR) is 71.1 cm³/mol. The maximum atomic E-state index is 13.8. The van der Waals surface area contributed by atoms with E-state index >= 15 is 0 Å². The van der Waals surface area contributed by atoms with E-state index in [9.17, 15) is 17.6 Å². The number of hydrogen-bond acceptors (Lipinski definition) is 5. The van der Waals surface area contributed by atoms with Gasteiger partial charge in [0.05, 0.1) is 10.6 Å². The van der Waals surface area contributed by atoms with E-state index < -0.39 is 27.8 Å². The Bertz CT molecular complexity index is 760.